The first kappa shape index (κ1) is 12.5. The summed E-state index contributed by atoms with van der Waals surface area (Å²) >= 11 is 0. The van der Waals surface area contributed by atoms with E-state index in [0.717, 1.165) is 18.9 Å². The van der Waals surface area contributed by atoms with Crippen LogP contribution in [-0.2, 0) is 0 Å². The Morgan fingerprint density at radius 1 is 1.47 bits per heavy atom. The lowest BCUT2D eigenvalue weighted by atomic mass is 10.1. The Labute approximate surface area is 93.5 Å². The molecule has 0 saturated heterocycles. The van der Waals surface area contributed by atoms with Crippen molar-refractivity contribution in [3.63, 3.8) is 0 Å². The fraction of sp³-hybridized carbons (Fsp3) is 0.917. The predicted molar refractivity (Wildman–Crippen MR) is 65.2 cm³/mol. The molecule has 1 atom stereocenters. The normalized spacial score (nSPS) is 18.1. The van der Waals surface area contributed by atoms with Crippen molar-refractivity contribution in [2.75, 3.05) is 6.54 Å². The van der Waals surface area contributed by atoms with Crippen molar-refractivity contribution < 1.29 is 0 Å². The molecular formula is C12H25N3. The maximum absolute atomic E-state index is 7.41. The molecule has 0 radical (unpaired) electrons. The molecule has 0 aromatic rings. The third-order valence-corrected chi connectivity index (χ3v) is 3.18. The van der Waals surface area contributed by atoms with Gasteiger partial charge in [0.2, 0.25) is 0 Å². The molecule has 1 aliphatic carbocycles. The minimum absolute atomic E-state index is 0.337. The van der Waals surface area contributed by atoms with Gasteiger partial charge >= 0.3 is 0 Å². The van der Waals surface area contributed by atoms with E-state index in [1.165, 1.54) is 32.2 Å². The van der Waals surface area contributed by atoms with E-state index in [-0.39, 0.29) is 0 Å². The van der Waals surface area contributed by atoms with Gasteiger partial charge in [-0.1, -0.05) is 20.3 Å². The summed E-state index contributed by atoms with van der Waals surface area (Å²) in [6, 6.07) is 1.29. The van der Waals surface area contributed by atoms with Crippen molar-refractivity contribution in [2.24, 2.45) is 5.73 Å². The topological polar surface area (TPSA) is 53.1 Å². The summed E-state index contributed by atoms with van der Waals surface area (Å²) in [7, 11) is 0. The van der Waals surface area contributed by atoms with Crippen LogP contribution in [0.3, 0.4) is 0 Å². The van der Waals surface area contributed by atoms with Crippen LogP contribution < -0.4 is 5.73 Å². The monoisotopic (exact) mass is 211 g/mol. The molecule has 3 heteroatoms. The van der Waals surface area contributed by atoms with Crippen LogP contribution in [0.5, 0.6) is 0 Å². The smallest absolute Gasteiger partial charge is 0.0921 e. The number of nitrogens with zero attached hydrogens (tertiary/aromatic N) is 1. The molecule has 88 valence electrons. The largest absolute Gasteiger partial charge is 0.388 e. The third kappa shape index (κ3) is 4.20. The van der Waals surface area contributed by atoms with Gasteiger partial charge in [-0.15, -0.1) is 0 Å². The lowest BCUT2D eigenvalue weighted by molar-refractivity contribution is 0.182. The highest BCUT2D eigenvalue weighted by Gasteiger charge is 2.32. The number of rotatable bonds is 8. The van der Waals surface area contributed by atoms with Crippen molar-refractivity contribution in [2.45, 2.75) is 64.5 Å². The molecule has 0 bridgehead atoms. The number of hydrogen-bond donors (Lipinski definition) is 2. The second kappa shape index (κ2) is 6.11. The highest BCUT2D eigenvalue weighted by molar-refractivity contribution is 5.77. The summed E-state index contributed by atoms with van der Waals surface area (Å²) in [6.07, 6.45) is 7.07. The van der Waals surface area contributed by atoms with Crippen molar-refractivity contribution >= 4 is 5.84 Å². The molecule has 1 unspecified atom stereocenters. The molecule has 1 saturated carbocycles. The van der Waals surface area contributed by atoms with E-state index in [0.29, 0.717) is 11.9 Å². The Bertz CT molecular complexity index is 199. The standard InChI is InChI=1S/C12H25N3/c1-3-5-8-15(11-6-7-11)10(4-2)9-12(13)14/h10-11H,3-9H2,1-2H3,(H3,13,14). The van der Waals surface area contributed by atoms with E-state index in [9.17, 15) is 0 Å². The van der Waals surface area contributed by atoms with Crippen LogP contribution in [0, 0.1) is 5.41 Å². The van der Waals surface area contributed by atoms with Gasteiger partial charge in [-0.05, 0) is 32.2 Å². The first-order valence-corrected chi connectivity index (χ1v) is 6.27. The number of hydrogen-bond acceptors (Lipinski definition) is 2. The SMILES string of the molecule is CCCCN(C1CC1)C(CC)CC(=N)N. The van der Waals surface area contributed by atoms with Gasteiger partial charge in [0.15, 0.2) is 0 Å². The van der Waals surface area contributed by atoms with E-state index in [4.69, 9.17) is 11.1 Å². The Hall–Kier alpha value is -0.570. The number of amidine groups is 1. The number of nitrogens with two attached hydrogens (primary N) is 1. The molecule has 0 spiro atoms. The van der Waals surface area contributed by atoms with E-state index in [1.807, 2.05) is 0 Å². The fourth-order valence-electron chi connectivity index (χ4n) is 2.16. The van der Waals surface area contributed by atoms with E-state index in [1.54, 1.807) is 0 Å². The molecule has 0 aromatic carbocycles. The summed E-state index contributed by atoms with van der Waals surface area (Å²) in [5.74, 6) is 0.337. The minimum atomic E-state index is 0.337. The second-order valence-electron chi connectivity index (χ2n) is 4.61. The first-order valence-electron chi connectivity index (χ1n) is 6.27. The predicted octanol–water partition coefficient (Wildman–Crippen LogP) is 2.36. The van der Waals surface area contributed by atoms with Gasteiger partial charge in [0.25, 0.3) is 0 Å². The second-order valence-corrected chi connectivity index (χ2v) is 4.61. The number of nitrogens with one attached hydrogen (secondary N) is 1. The van der Waals surface area contributed by atoms with Crippen molar-refractivity contribution in [1.29, 1.82) is 5.41 Å². The third-order valence-electron chi connectivity index (χ3n) is 3.18. The zero-order valence-corrected chi connectivity index (χ0v) is 10.1. The highest BCUT2D eigenvalue weighted by atomic mass is 15.2. The van der Waals surface area contributed by atoms with Crippen LogP contribution in [0.2, 0.25) is 0 Å². The van der Waals surface area contributed by atoms with Crippen LogP contribution in [0.4, 0.5) is 0 Å². The molecule has 3 N–H and O–H groups in total. The molecule has 1 aliphatic rings. The Morgan fingerprint density at radius 3 is 2.53 bits per heavy atom. The lowest BCUT2D eigenvalue weighted by Gasteiger charge is -2.30. The van der Waals surface area contributed by atoms with E-state index < -0.39 is 0 Å². The average Bonchev–Trinajstić information content (AvgIpc) is 3.00. The van der Waals surface area contributed by atoms with Crippen LogP contribution in [0.15, 0.2) is 0 Å². The highest BCUT2D eigenvalue weighted by Crippen LogP contribution is 2.30. The van der Waals surface area contributed by atoms with Crippen molar-refractivity contribution in [3.05, 3.63) is 0 Å². The van der Waals surface area contributed by atoms with Gasteiger partial charge in [-0.25, -0.2) is 0 Å². The molecule has 0 heterocycles. The molecule has 1 rings (SSSR count). The van der Waals surface area contributed by atoms with Gasteiger partial charge in [0.05, 0.1) is 5.84 Å². The summed E-state index contributed by atoms with van der Waals surface area (Å²) in [5.41, 5.74) is 5.51. The summed E-state index contributed by atoms with van der Waals surface area (Å²) in [5, 5.41) is 7.41. The van der Waals surface area contributed by atoms with Crippen LogP contribution in [0.1, 0.15) is 52.4 Å². The maximum atomic E-state index is 7.41. The zero-order chi connectivity index (χ0) is 11.3. The van der Waals surface area contributed by atoms with Gasteiger partial charge in [-0.2, -0.15) is 0 Å². The summed E-state index contributed by atoms with van der Waals surface area (Å²) < 4.78 is 0. The van der Waals surface area contributed by atoms with Crippen molar-refractivity contribution in [3.8, 4) is 0 Å². The average molecular weight is 211 g/mol. The maximum Gasteiger partial charge on any atom is 0.0921 e. The van der Waals surface area contributed by atoms with Gasteiger partial charge in [-0.3, -0.25) is 10.3 Å². The lowest BCUT2D eigenvalue weighted by Crippen LogP contribution is -2.40. The Balaban J connectivity index is 2.46. The number of unbranched alkanes of at least 4 members (excludes halogenated alkanes) is 1. The Kier molecular flexibility index (Phi) is 5.09. The fourth-order valence-corrected chi connectivity index (χ4v) is 2.16. The molecule has 0 amide bonds. The van der Waals surface area contributed by atoms with Gasteiger partial charge < -0.3 is 5.73 Å². The van der Waals surface area contributed by atoms with E-state index >= 15 is 0 Å². The minimum Gasteiger partial charge on any atom is -0.388 e. The van der Waals surface area contributed by atoms with Crippen LogP contribution in [0.25, 0.3) is 0 Å². The van der Waals surface area contributed by atoms with E-state index in [2.05, 4.69) is 18.7 Å². The molecular weight excluding hydrogens is 186 g/mol. The summed E-state index contributed by atoms with van der Waals surface area (Å²) in [6.45, 7) is 5.62. The molecule has 15 heavy (non-hydrogen) atoms. The Morgan fingerprint density at radius 2 is 2.13 bits per heavy atom. The molecule has 3 nitrogen and oxygen atoms in total. The molecule has 1 fully saturated rings. The quantitative estimate of drug-likeness (QED) is 0.478. The van der Waals surface area contributed by atoms with Gasteiger partial charge in [0, 0.05) is 18.5 Å². The summed E-state index contributed by atoms with van der Waals surface area (Å²) in [4.78, 5) is 2.59. The first-order chi connectivity index (χ1) is 7.19. The van der Waals surface area contributed by atoms with Crippen molar-refractivity contribution in [1.82, 2.24) is 4.90 Å². The molecule has 0 aliphatic heterocycles. The van der Waals surface area contributed by atoms with Gasteiger partial charge in [0.1, 0.15) is 0 Å². The zero-order valence-electron chi connectivity index (χ0n) is 10.1. The van der Waals surface area contributed by atoms with Crippen LogP contribution in [-0.4, -0.2) is 29.4 Å². The van der Waals surface area contributed by atoms with Crippen LogP contribution >= 0.6 is 0 Å². The molecule has 0 aromatic heterocycles.